The second-order valence-electron chi connectivity index (χ2n) is 3.23. The highest BCUT2D eigenvalue weighted by Crippen LogP contribution is 2.05. The van der Waals surface area contributed by atoms with Crippen molar-refractivity contribution in [2.45, 2.75) is 39.7 Å². The summed E-state index contributed by atoms with van der Waals surface area (Å²) in [4.78, 5) is 0. The van der Waals surface area contributed by atoms with Crippen molar-refractivity contribution in [3.05, 3.63) is 0 Å². The Kier molecular flexibility index (Phi) is 6.57. The van der Waals surface area contributed by atoms with Crippen molar-refractivity contribution < 1.29 is 0 Å². The number of hydrogen-bond acceptors (Lipinski definition) is 2. The number of nitrogens with one attached hydrogen (secondary N) is 1. The number of rotatable bonds is 6. The Morgan fingerprint density at radius 3 is 2.18 bits per heavy atom. The van der Waals surface area contributed by atoms with Gasteiger partial charge in [-0.2, -0.15) is 0 Å². The van der Waals surface area contributed by atoms with E-state index in [-0.39, 0.29) is 0 Å². The van der Waals surface area contributed by atoms with E-state index >= 15 is 0 Å². The molecule has 1 atom stereocenters. The third-order valence-corrected chi connectivity index (χ3v) is 2.26. The molecule has 0 aromatic rings. The maximum atomic E-state index is 5.48. The van der Waals surface area contributed by atoms with Crippen LogP contribution in [0.5, 0.6) is 0 Å². The predicted molar refractivity (Wildman–Crippen MR) is 50.6 cm³/mol. The highest BCUT2D eigenvalue weighted by Gasteiger charge is 2.04. The second-order valence-corrected chi connectivity index (χ2v) is 3.23. The highest BCUT2D eigenvalue weighted by molar-refractivity contribution is 4.64. The lowest BCUT2D eigenvalue weighted by atomic mass is 10.0. The van der Waals surface area contributed by atoms with Crippen LogP contribution >= 0.6 is 0 Å². The lowest BCUT2D eigenvalue weighted by Gasteiger charge is -2.16. The van der Waals surface area contributed by atoms with E-state index in [1.165, 1.54) is 12.8 Å². The lowest BCUT2D eigenvalue weighted by Crippen LogP contribution is -2.36. The molecule has 0 rings (SSSR count). The molecule has 0 spiro atoms. The summed E-state index contributed by atoms with van der Waals surface area (Å²) in [5.41, 5.74) is 5.48. The zero-order valence-corrected chi connectivity index (χ0v) is 8.06. The molecule has 0 aromatic carbocycles. The normalized spacial score (nSPS) is 13.9. The van der Waals surface area contributed by atoms with Gasteiger partial charge >= 0.3 is 0 Å². The summed E-state index contributed by atoms with van der Waals surface area (Å²) in [5, 5.41) is 3.41. The number of hydrogen-bond donors (Lipinski definition) is 2. The first kappa shape index (κ1) is 10.9. The molecule has 2 nitrogen and oxygen atoms in total. The molecule has 0 aromatic heterocycles. The van der Waals surface area contributed by atoms with Crippen molar-refractivity contribution in [1.82, 2.24) is 5.32 Å². The molecule has 0 aliphatic rings. The summed E-state index contributed by atoms with van der Waals surface area (Å²) in [7, 11) is 0. The van der Waals surface area contributed by atoms with Gasteiger partial charge in [-0.3, -0.25) is 0 Å². The molecule has 2 heteroatoms. The predicted octanol–water partition coefficient (Wildman–Crippen LogP) is 1.36. The van der Waals surface area contributed by atoms with Gasteiger partial charge in [0.25, 0.3) is 0 Å². The molecule has 0 radical (unpaired) electrons. The zero-order chi connectivity index (χ0) is 8.69. The van der Waals surface area contributed by atoms with E-state index in [0.29, 0.717) is 6.04 Å². The Morgan fingerprint density at radius 1 is 1.27 bits per heavy atom. The molecule has 0 saturated carbocycles. The van der Waals surface area contributed by atoms with Crippen molar-refractivity contribution in [3.8, 4) is 0 Å². The van der Waals surface area contributed by atoms with Crippen molar-refractivity contribution in [3.63, 3.8) is 0 Å². The van der Waals surface area contributed by atoms with Gasteiger partial charge in [0.2, 0.25) is 0 Å². The van der Waals surface area contributed by atoms with Crippen molar-refractivity contribution in [1.29, 1.82) is 0 Å². The molecule has 0 amide bonds. The fourth-order valence-electron chi connectivity index (χ4n) is 1.03. The first-order valence-corrected chi connectivity index (χ1v) is 4.68. The van der Waals surface area contributed by atoms with E-state index in [2.05, 4.69) is 26.1 Å². The average Bonchev–Trinajstić information content (AvgIpc) is 2.06. The molecule has 0 aliphatic heterocycles. The Morgan fingerprint density at radius 2 is 1.82 bits per heavy atom. The maximum absolute atomic E-state index is 5.48. The molecular weight excluding hydrogens is 136 g/mol. The molecule has 0 saturated heterocycles. The van der Waals surface area contributed by atoms with Gasteiger partial charge in [0.1, 0.15) is 0 Å². The summed E-state index contributed by atoms with van der Waals surface area (Å²) in [5.74, 6) is 0.823. The van der Waals surface area contributed by atoms with Crippen LogP contribution in [0.15, 0.2) is 0 Å². The van der Waals surface area contributed by atoms with E-state index in [0.717, 1.165) is 19.0 Å². The molecular formula is C9H22N2. The monoisotopic (exact) mass is 158 g/mol. The van der Waals surface area contributed by atoms with Crippen LogP contribution < -0.4 is 11.1 Å². The molecule has 0 heterocycles. The van der Waals surface area contributed by atoms with Crippen LogP contribution in [-0.4, -0.2) is 19.1 Å². The van der Waals surface area contributed by atoms with Gasteiger partial charge in [-0.05, 0) is 19.4 Å². The molecule has 11 heavy (non-hydrogen) atoms. The van der Waals surface area contributed by atoms with Gasteiger partial charge in [-0.25, -0.2) is 0 Å². The summed E-state index contributed by atoms with van der Waals surface area (Å²) < 4.78 is 0. The molecule has 0 bridgehead atoms. The van der Waals surface area contributed by atoms with Crippen LogP contribution in [0.4, 0.5) is 0 Å². The summed E-state index contributed by atoms with van der Waals surface area (Å²) in [6.07, 6.45) is 2.53. The topological polar surface area (TPSA) is 38.0 Å². The van der Waals surface area contributed by atoms with Crippen molar-refractivity contribution >= 4 is 0 Å². The molecule has 1 unspecified atom stereocenters. The van der Waals surface area contributed by atoms with Gasteiger partial charge in [-0.15, -0.1) is 0 Å². The van der Waals surface area contributed by atoms with E-state index < -0.39 is 0 Å². The standard InChI is InChI=1S/C9H22N2/c1-4-9(5-2)7-11-8(3)6-10/h8-9,11H,4-7,10H2,1-3H3. The second kappa shape index (κ2) is 6.62. The van der Waals surface area contributed by atoms with Gasteiger partial charge in [0.05, 0.1) is 0 Å². The Labute approximate surface area is 70.5 Å². The van der Waals surface area contributed by atoms with Crippen molar-refractivity contribution in [2.24, 2.45) is 11.7 Å². The smallest absolute Gasteiger partial charge is 0.0162 e. The molecule has 68 valence electrons. The third kappa shape index (κ3) is 5.22. The van der Waals surface area contributed by atoms with Crippen molar-refractivity contribution in [2.75, 3.05) is 13.1 Å². The van der Waals surface area contributed by atoms with E-state index in [9.17, 15) is 0 Å². The Hall–Kier alpha value is -0.0800. The van der Waals surface area contributed by atoms with Gasteiger partial charge in [-0.1, -0.05) is 26.7 Å². The van der Waals surface area contributed by atoms with Gasteiger partial charge < -0.3 is 11.1 Å². The van der Waals surface area contributed by atoms with Crippen LogP contribution in [0.25, 0.3) is 0 Å². The Bertz CT molecular complexity index is 79.6. The molecule has 0 fully saturated rings. The van der Waals surface area contributed by atoms with Gasteiger partial charge in [0, 0.05) is 12.6 Å². The van der Waals surface area contributed by atoms with Crippen LogP contribution in [0.3, 0.4) is 0 Å². The van der Waals surface area contributed by atoms with Crippen LogP contribution in [-0.2, 0) is 0 Å². The summed E-state index contributed by atoms with van der Waals surface area (Å²) >= 11 is 0. The van der Waals surface area contributed by atoms with Crippen LogP contribution in [0, 0.1) is 5.92 Å². The minimum atomic E-state index is 0.468. The third-order valence-electron chi connectivity index (χ3n) is 2.26. The quantitative estimate of drug-likeness (QED) is 0.612. The first-order chi connectivity index (χ1) is 5.24. The SMILES string of the molecule is CCC(CC)CNC(C)CN. The summed E-state index contributed by atoms with van der Waals surface area (Å²) in [6, 6.07) is 0.468. The van der Waals surface area contributed by atoms with Crippen LogP contribution in [0.2, 0.25) is 0 Å². The minimum Gasteiger partial charge on any atom is -0.329 e. The van der Waals surface area contributed by atoms with Gasteiger partial charge in [0.15, 0.2) is 0 Å². The van der Waals surface area contributed by atoms with E-state index in [1.807, 2.05) is 0 Å². The van der Waals surface area contributed by atoms with Crippen LogP contribution in [0.1, 0.15) is 33.6 Å². The van der Waals surface area contributed by atoms with E-state index in [4.69, 9.17) is 5.73 Å². The number of nitrogens with two attached hydrogens (primary N) is 1. The van der Waals surface area contributed by atoms with E-state index in [1.54, 1.807) is 0 Å². The molecule has 3 N–H and O–H groups in total. The largest absolute Gasteiger partial charge is 0.329 e. The fraction of sp³-hybridized carbons (Fsp3) is 1.00. The average molecular weight is 158 g/mol. The highest BCUT2D eigenvalue weighted by atomic mass is 14.9. The Balaban J connectivity index is 3.34. The molecule has 0 aliphatic carbocycles. The first-order valence-electron chi connectivity index (χ1n) is 4.68. The lowest BCUT2D eigenvalue weighted by molar-refractivity contribution is 0.420. The fourth-order valence-corrected chi connectivity index (χ4v) is 1.03. The maximum Gasteiger partial charge on any atom is 0.0162 e. The minimum absolute atomic E-state index is 0.468. The zero-order valence-electron chi connectivity index (χ0n) is 8.06. The summed E-state index contributed by atoms with van der Waals surface area (Å²) in [6.45, 7) is 8.46.